The minimum Gasteiger partial charge on any atom is -0.497 e. The van der Waals surface area contributed by atoms with Crippen LogP contribution in [0.5, 0.6) is 5.75 Å². The summed E-state index contributed by atoms with van der Waals surface area (Å²) in [6, 6.07) is 18.9. The number of benzene rings is 2. The Bertz CT molecular complexity index is 1470. The maximum absolute atomic E-state index is 13.6. The lowest BCUT2D eigenvalue weighted by molar-refractivity contribution is 0.100. The van der Waals surface area contributed by atoms with Crippen molar-refractivity contribution in [3.63, 3.8) is 0 Å². The zero-order valence-electron chi connectivity index (χ0n) is 18.7. The Balaban J connectivity index is 1.54. The van der Waals surface area contributed by atoms with E-state index in [1.165, 1.54) is 0 Å². The van der Waals surface area contributed by atoms with E-state index in [1.54, 1.807) is 25.4 Å². The van der Waals surface area contributed by atoms with Crippen LogP contribution in [0.4, 0.5) is 0 Å². The number of aryl methyl sites for hydroxylation is 2. The number of methoxy groups -OCH3 is 1. The largest absolute Gasteiger partial charge is 0.497 e. The predicted molar refractivity (Wildman–Crippen MR) is 129 cm³/mol. The molecule has 3 heterocycles. The highest BCUT2D eigenvalue weighted by atomic mass is 35.5. The lowest BCUT2D eigenvalue weighted by atomic mass is 10.1. The molecule has 0 aliphatic carbocycles. The van der Waals surface area contributed by atoms with Gasteiger partial charge in [0, 0.05) is 34.4 Å². The van der Waals surface area contributed by atoms with Crippen molar-refractivity contribution in [3.05, 3.63) is 94.6 Å². The molecule has 0 saturated heterocycles. The summed E-state index contributed by atoms with van der Waals surface area (Å²) in [6.45, 7) is 2.62. The maximum atomic E-state index is 13.6. The van der Waals surface area contributed by atoms with Crippen molar-refractivity contribution in [1.82, 2.24) is 19.7 Å². The third-order valence-electron chi connectivity index (χ3n) is 5.80. The molecule has 34 heavy (non-hydrogen) atoms. The van der Waals surface area contributed by atoms with Crippen LogP contribution in [0.25, 0.3) is 22.5 Å². The molecule has 8 heteroatoms. The molecule has 0 spiro atoms. The second kappa shape index (κ2) is 9.11. The van der Waals surface area contributed by atoms with Crippen molar-refractivity contribution < 1.29 is 13.9 Å². The second-order valence-corrected chi connectivity index (χ2v) is 8.26. The van der Waals surface area contributed by atoms with Gasteiger partial charge in [-0.2, -0.15) is 0 Å². The molecular formula is C26H21ClN4O3. The van der Waals surface area contributed by atoms with Crippen LogP contribution in [0.1, 0.15) is 27.5 Å². The van der Waals surface area contributed by atoms with Crippen LogP contribution in [0.2, 0.25) is 5.02 Å². The average Bonchev–Trinajstić information content (AvgIpc) is 3.46. The number of hydrogen-bond donors (Lipinski definition) is 0. The average molecular weight is 473 g/mol. The number of halogens is 1. The minimum absolute atomic E-state index is 0.0803. The maximum Gasteiger partial charge on any atom is 0.289 e. The second-order valence-electron chi connectivity index (χ2n) is 7.83. The molecule has 5 aromatic rings. The van der Waals surface area contributed by atoms with E-state index in [2.05, 4.69) is 19.7 Å². The molecule has 0 unspecified atom stereocenters. The Morgan fingerprint density at radius 1 is 1.09 bits per heavy atom. The van der Waals surface area contributed by atoms with E-state index in [0.717, 1.165) is 28.6 Å². The Morgan fingerprint density at radius 3 is 2.65 bits per heavy atom. The number of ketones is 1. The van der Waals surface area contributed by atoms with Gasteiger partial charge in [0.1, 0.15) is 11.4 Å². The lowest BCUT2D eigenvalue weighted by Crippen LogP contribution is -2.07. The highest BCUT2D eigenvalue weighted by Crippen LogP contribution is 2.32. The van der Waals surface area contributed by atoms with Gasteiger partial charge in [-0.1, -0.05) is 29.8 Å². The Morgan fingerprint density at radius 2 is 1.91 bits per heavy atom. The molecule has 7 nitrogen and oxygen atoms in total. The van der Waals surface area contributed by atoms with Crippen molar-refractivity contribution in [2.45, 2.75) is 19.9 Å². The Labute approximate surface area is 201 Å². The predicted octanol–water partition coefficient (Wildman–Crippen LogP) is 5.53. The van der Waals surface area contributed by atoms with Gasteiger partial charge >= 0.3 is 0 Å². The van der Waals surface area contributed by atoms with E-state index in [0.29, 0.717) is 28.6 Å². The van der Waals surface area contributed by atoms with Gasteiger partial charge in [0.05, 0.1) is 12.7 Å². The van der Waals surface area contributed by atoms with Gasteiger partial charge in [-0.25, -0.2) is 0 Å². The van der Waals surface area contributed by atoms with E-state index in [4.69, 9.17) is 20.8 Å². The summed E-state index contributed by atoms with van der Waals surface area (Å²) in [5.74, 6) is 0.445. The van der Waals surface area contributed by atoms with E-state index in [9.17, 15) is 4.79 Å². The highest BCUT2D eigenvalue weighted by Gasteiger charge is 2.26. The SMILES string of the molecule is COc1ccc2c(c1)c(C(=O)c1nnc(-c3ccccn3)o1)c(C)n2CCc1ccc(Cl)cc1. The van der Waals surface area contributed by atoms with Crippen LogP contribution in [0.3, 0.4) is 0 Å². The molecule has 170 valence electrons. The van der Waals surface area contributed by atoms with Gasteiger partial charge in [-0.05, 0) is 61.4 Å². The summed E-state index contributed by atoms with van der Waals surface area (Å²) in [5.41, 5.74) is 3.93. The molecule has 0 radical (unpaired) electrons. The number of aromatic nitrogens is 4. The zero-order valence-corrected chi connectivity index (χ0v) is 19.4. The molecule has 0 N–H and O–H groups in total. The van der Waals surface area contributed by atoms with E-state index < -0.39 is 0 Å². The molecule has 5 rings (SSSR count). The number of fused-ring (bicyclic) bond motifs is 1. The number of pyridine rings is 1. The first kappa shape index (κ1) is 21.9. The van der Waals surface area contributed by atoms with Crippen molar-refractivity contribution in [1.29, 1.82) is 0 Å². The quantitative estimate of drug-likeness (QED) is 0.289. The number of nitrogens with zero attached hydrogens (tertiary/aromatic N) is 4. The first-order valence-electron chi connectivity index (χ1n) is 10.8. The van der Waals surface area contributed by atoms with Crippen LogP contribution in [-0.4, -0.2) is 32.6 Å². The monoisotopic (exact) mass is 472 g/mol. The molecule has 2 aromatic carbocycles. The first-order chi connectivity index (χ1) is 16.5. The van der Waals surface area contributed by atoms with E-state index in [1.807, 2.05) is 55.5 Å². The number of ether oxygens (including phenoxy) is 1. The minimum atomic E-state index is -0.337. The molecule has 0 aliphatic heterocycles. The van der Waals surface area contributed by atoms with Crippen LogP contribution >= 0.6 is 11.6 Å². The lowest BCUT2D eigenvalue weighted by Gasteiger charge is -2.09. The standard InChI is InChI=1S/C26H21ClN4O3/c1-16-23(24(32)26-30-29-25(34-26)21-5-3-4-13-28-21)20-15-19(33-2)10-11-22(20)31(16)14-12-17-6-8-18(27)9-7-17/h3-11,13,15H,12,14H2,1-2H3. The number of hydrogen-bond acceptors (Lipinski definition) is 6. The van der Waals surface area contributed by atoms with Crippen molar-refractivity contribution in [2.24, 2.45) is 0 Å². The van der Waals surface area contributed by atoms with Gasteiger partial charge in [-0.15, -0.1) is 10.2 Å². The molecular weight excluding hydrogens is 452 g/mol. The summed E-state index contributed by atoms with van der Waals surface area (Å²) >= 11 is 6.02. The van der Waals surface area contributed by atoms with Crippen LogP contribution in [0.15, 0.2) is 71.3 Å². The van der Waals surface area contributed by atoms with Gasteiger partial charge in [-0.3, -0.25) is 9.78 Å². The summed E-state index contributed by atoms with van der Waals surface area (Å²) in [6.07, 6.45) is 2.41. The first-order valence-corrected chi connectivity index (χ1v) is 11.1. The summed E-state index contributed by atoms with van der Waals surface area (Å²) in [5, 5.41) is 9.51. The molecule has 0 fully saturated rings. The van der Waals surface area contributed by atoms with Crippen molar-refractivity contribution >= 4 is 28.3 Å². The van der Waals surface area contributed by atoms with Crippen LogP contribution < -0.4 is 4.74 Å². The van der Waals surface area contributed by atoms with Crippen LogP contribution in [-0.2, 0) is 13.0 Å². The van der Waals surface area contributed by atoms with Crippen LogP contribution in [0, 0.1) is 6.92 Å². The smallest absolute Gasteiger partial charge is 0.289 e. The molecule has 0 atom stereocenters. The number of rotatable bonds is 7. The topological polar surface area (TPSA) is 83.0 Å². The van der Waals surface area contributed by atoms with Crippen molar-refractivity contribution in [2.75, 3.05) is 7.11 Å². The molecule has 0 amide bonds. The van der Waals surface area contributed by atoms with Gasteiger partial charge < -0.3 is 13.7 Å². The molecule has 3 aromatic heterocycles. The molecule has 0 saturated carbocycles. The third kappa shape index (κ3) is 4.06. The number of carbonyl (C=O) groups is 1. The van der Waals surface area contributed by atoms with E-state index >= 15 is 0 Å². The van der Waals surface area contributed by atoms with Gasteiger partial charge in [0.15, 0.2) is 0 Å². The number of carbonyl (C=O) groups excluding carboxylic acids is 1. The zero-order chi connectivity index (χ0) is 23.7. The fourth-order valence-corrected chi connectivity index (χ4v) is 4.20. The summed E-state index contributed by atoms with van der Waals surface area (Å²) < 4.78 is 13.3. The highest BCUT2D eigenvalue weighted by molar-refractivity contribution is 6.30. The van der Waals surface area contributed by atoms with Gasteiger partial charge in [0.2, 0.25) is 0 Å². The third-order valence-corrected chi connectivity index (χ3v) is 6.05. The Hall–Kier alpha value is -3.97. The van der Waals surface area contributed by atoms with Gasteiger partial charge in [0.25, 0.3) is 17.6 Å². The molecule has 0 aliphatic rings. The normalized spacial score (nSPS) is 11.1. The summed E-state index contributed by atoms with van der Waals surface area (Å²) in [7, 11) is 1.60. The molecule has 0 bridgehead atoms. The Kier molecular flexibility index (Phi) is 5.86. The van der Waals surface area contributed by atoms with E-state index in [-0.39, 0.29) is 17.6 Å². The fourth-order valence-electron chi connectivity index (χ4n) is 4.07. The fraction of sp³-hybridized carbons (Fsp3) is 0.154. The van der Waals surface area contributed by atoms with Crippen molar-refractivity contribution in [3.8, 4) is 17.3 Å². The summed E-state index contributed by atoms with van der Waals surface area (Å²) in [4.78, 5) is 17.8.